The molecule has 114 valence electrons. The third-order valence-corrected chi connectivity index (χ3v) is 5.59. The fourth-order valence-corrected chi connectivity index (χ4v) is 4.19. The van der Waals surface area contributed by atoms with Gasteiger partial charge in [-0.2, -0.15) is 0 Å². The topological polar surface area (TPSA) is 32.3 Å². The van der Waals surface area contributed by atoms with Crippen LogP contribution in [0.4, 0.5) is 10.5 Å². The second kappa shape index (κ2) is 6.94. The van der Waals surface area contributed by atoms with E-state index in [1.165, 1.54) is 0 Å². The molecular weight excluding hydrogens is 384 g/mol. The summed E-state index contributed by atoms with van der Waals surface area (Å²) >= 11 is 11.3. The number of urea groups is 1. The van der Waals surface area contributed by atoms with Crippen LogP contribution in [0.5, 0.6) is 0 Å². The molecule has 0 aromatic heterocycles. The van der Waals surface area contributed by atoms with Gasteiger partial charge in [-0.05, 0) is 45.8 Å². The van der Waals surface area contributed by atoms with Crippen LogP contribution in [0.3, 0.4) is 0 Å². The van der Waals surface area contributed by atoms with Crippen molar-refractivity contribution in [2.24, 2.45) is 0 Å². The summed E-state index contributed by atoms with van der Waals surface area (Å²) in [5.41, 5.74) is 1.83. The van der Waals surface area contributed by atoms with Crippen molar-refractivity contribution in [3.05, 3.63) is 63.6 Å². The first-order valence-corrected chi connectivity index (χ1v) is 9.06. The summed E-state index contributed by atoms with van der Waals surface area (Å²) in [5, 5.41) is 3.65. The first kappa shape index (κ1) is 15.7. The Morgan fingerprint density at radius 2 is 2.09 bits per heavy atom. The van der Waals surface area contributed by atoms with Crippen molar-refractivity contribution in [2.45, 2.75) is 5.37 Å². The molecule has 3 nitrogen and oxygen atoms in total. The number of carbonyl (C=O) groups excluding carboxylic acids is 1. The van der Waals surface area contributed by atoms with Crippen molar-refractivity contribution in [1.82, 2.24) is 4.90 Å². The van der Waals surface area contributed by atoms with Crippen LogP contribution in [0.25, 0.3) is 0 Å². The Labute approximate surface area is 147 Å². The van der Waals surface area contributed by atoms with E-state index in [2.05, 4.69) is 21.2 Å². The first-order chi connectivity index (χ1) is 10.6. The number of rotatable bonds is 2. The van der Waals surface area contributed by atoms with Crippen LogP contribution in [0, 0.1) is 0 Å². The number of amides is 2. The zero-order chi connectivity index (χ0) is 15.5. The number of halogens is 2. The second-order valence-corrected chi connectivity index (χ2v) is 7.36. The van der Waals surface area contributed by atoms with Gasteiger partial charge in [-0.3, -0.25) is 0 Å². The molecule has 1 heterocycles. The molecule has 0 radical (unpaired) electrons. The van der Waals surface area contributed by atoms with E-state index >= 15 is 0 Å². The average Bonchev–Trinajstić information content (AvgIpc) is 2.99. The minimum absolute atomic E-state index is 0.00110. The SMILES string of the molecule is O=C(Nc1ccccc1Br)N1CCSC1c1cccc(Cl)c1. The molecule has 0 aliphatic carbocycles. The predicted molar refractivity (Wildman–Crippen MR) is 96.5 cm³/mol. The third kappa shape index (κ3) is 3.42. The summed E-state index contributed by atoms with van der Waals surface area (Å²) in [4.78, 5) is 14.4. The van der Waals surface area contributed by atoms with E-state index in [0.717, 1.165) is 28.0 Å². The molecule has 3 rings (SSSR count). The van der Waals surface area contributed by atoms with Crippen molar-refractivity contribution < 1.29 is 4.79 Å². The van der Waals surface area contributed by atoms with Gasteiger partial charge in [0.1, 0.15) is 5.37 Å². The van der Waals surface area contributed by atoms with Gasteiger partial charge in [0.05, 0.1) is 5.69 Å². The van der Waals surface area contributed by atoms with Crippen LogP contribution in [0.15, 0.2) is 53.0 Å². The lowest BCUT2D eigenvalue weighted by molar-refractivity contribution is 0.214. The largest absolute Gasteiger partial charge is 0.323 e. The van der Waals surface area contributed by atoms with E-state index in [-0.39, 0.29) is 11.4 Å². The van der Waals surface area contributed by atoms with Crippen molar-refractivity contribution in [1.29, 1.82) is 0 Å². The number of anilines is 1. The molecule has 1 aliphatic rings. The van der Waals surface area contributed by atoms with Gasteiger partial charge in [0.2, 0.25) is 0 Å². The molecule has 6 heteroatoms. The monoisotopic (exact) mass is 396 g/mol. The molecule has 2 aromatic rings. The Balaban J connectivity index is 1.78. The smallest absolute Gasteiger partial charge is 0.308 e. The highest BCUT2D eigenvalue weighted by molar-refractivity contribution is 9.10. The maximum absolute atomic E-state index is 12.6. The van der Waals surface area contributed by atoms with Crippen LogP contribution in [0.2, 0.25) is 5.02 Å². The molecular formula is C16H14BrClN2OS. The van der Waals surface area contributed by atoms with Gasteiger partial charge < -0.3 is 10.2 Å². The summed E-state index contributed by atoms with van der Waals surface area (Å²) in [6, 6.07) is 15.2. The highest BCUT2D eigenvalue weighted by Gasteiger charge is 2.31. The van der Waals surface area contributed by atoms with E-state index in [1.807, 2.05) is 53.4 Å². The predicted octanol–water partition coefficient (Wildman–Crippen LogP) is 5.38. The molecule has 1 N–H and O–H groups in total. The molecule has 0 spiro atoms. The van der Waals surface area contributed by atoms with Gasteiger partial charge in [0.15, 0.2) is 0 Å². The lowest BCUT2D eigenvalue weighted by Gasteiger charge is -2.24. The molecule has 22 heavy (non-hydrogen) atoms. The van der Waals surface area contributed by atoms with Gasteiger partial charge in [-0.25, -0.2) is 4.79 Å². The van der Waals surface area contributed by atoms with Gasteiger partial charge in [-0.15, -0.1) is 11.8 Å². The minimum atomic E-state index is -0.0955. The average molecular weight is 398 g/mol. The van der Waals surface area contributed by atoms with Crippen LogP contribution < -0.4 is 5.32 Å². The summed E-state index contributed by atoms with van der Waals surface area (Å²) in [7, 11) is 0. The van der Waals surface area contributed by atoms with Crippen LogP contribution in [0.1, 0.15) is 10.9 Å². The Bertz CT molecular complexity index is 697. The minimum Gasteiger partial charge on any atom is -0.308 e. The zero-order valence-corrected chi connectivity index (χ0v) is 14.8. The van der Waals surface area contributed by atoms with Crippen molar-refractivity contribution in [2.75, 3.05) is 17.6 Å². The molecule has 1 unspecified atom stereocenters. The van der Waals surface area contributed by atoms with Crippen molar-refractivity contribution in [3.8, 4) is 0 Å². The summed E-state index contributed by atoms with van der Waals surface area (Å²) in [6.07, 6.45) is 0. The van der Waals surface area contributed by atoms with Gasteiger partial charge >= 0.3 is 6.03 Å². The highest BCUT2D eigenvalue weighted by atomic mass is 79.9. The fraction of sp³-hybridized carbons (Fsp3) is 0.188. The maximum Gasteiger partial charge on any atom is 0.323 e. The molecule has 1 atom stereocenters. The molecule has 2 aromatic carbocycles. The van der Waals surface area contributed by atoms with Gasteiger partial charge in [-0.1, -0.05) is 35.9 Å². The Morgan fingerprint density at radius 1 is 1.27 bits per heavy atom. The maximum atomic E-state index is 12.6. The van der Waals surface area contributed by atoms with Gasteiger partial charge in [0.25, 0.3) is 0 Å². The number of para-hydroxylation sites is 1. The number of nitrogens with one attached hydrogen (secondary N) is 1. The number of hydrogen-bond acceptors (Lipinski definition) is 2. The normalized spacial score (nSPS) is 17.5. The number of benzene rings is 2. The highest BCUT2D eigenvalue weighted by Crippen LogP contribution is 2.39. The van der Waals surface area contributed by atoms with Crippen molar-refractivity contribution >= 4 is 51.0 Å². The van der Waals surface area contributed by atoms with E-state index in [9.17, 15) is 4.79 Å². The quantitative estimate of drug-likeness (QED) is 0.737. The Morgan fingerprint density at radius 3 is 2.86 bits per heavy atom. The third-order valence-electron chi connectivity index (χ3n) is 3.40. The second-order valence-electron chi connectivity index (χ2n) is 4.88. The fourth-order valence-electron chi connectivity index (χ4n) is 2.36. The summed E-state index contributed by atoms with van der Waals surface area (Å²) in [6.45, 7) is 0.720. The van der Waals surface area contributed by atoms with Gasteiger partial charge in [0, 0.05) is 21.8 Å². The molecule has 0 saturated carbocycles. The standard InChI is InChI=1S/C16H14BrClN2OS/c17-13-6-1-2-7-14(13)19-16(21)20-8-9-22-15(20)11-4-3-5-12(18)10-11/h1-7,10,15H,8-9H2,(H,19,21). The lowest BCUT2D eigenvalue weighted by atomic mass is 10.2. The number of hydrogen-bond donors (Lipinski definition) is 1. The van der Waals surface area contributed by atoms with E-state index in [0.29, 0.717) is 5.02 Å². The molecule has 1 saturated heterocycles. The number of thioether (sulfide) groups is 1. The lowest BCUT2D eigenvalue weighted by Crippen LogP contribution is -2.34. The molecule has 1 fully saturated rings. The summed E-state index contributed by atoms with van der Waals surface area (Å²) < 4.78 is 0.870. The molecule has 1 aliphatic heterocycles. The number of carbonyl (C=O) groups is 1. The Kier molecular flexibility index (Phi) is 4.96. The first-order valence-electron chi connectivity index (χ1n) is 6.84. The van der Waals surface area contributed by atoms with Crippen LogP contribution in [-0.2, 0) is 0 Å². The van der Waals surface area contributed by atoms with Crippen LogP contribution >= 0.6 is 39.3 Å². The van der Waals surface area contributed by atoms with E-state index in [4.69, 9.17) is 11.6 Å². The molecule has 0 bridgehead atoms. The number of nitrogens with zero attached hydrogens (tertiary/aromatic N) is 1. The summed E-state index contributed by atoms with van der Waals surface area (Å²) in [5.74, 6) is 0.917. The van der Waals surface area contributed by atoms with Crippen LogP contribution in [-0.4, -0.2) is 23.2 Å². The van der Waals surface area contributed by atoms with E-state index < -0.39 is 0 Å². The van der Waals surface area contributed by atoms with Crippen molar-refractivity contribution in [3.63, 3.8) is 0 Å². The Hall–Kier alpha value is -1.17. The zero-order valence-electron chi connectivity index (χ0n) is 11.6. The van der Waals surface area contributed by atoms with E-state index in [1.54, 1.807) is 11.8 Å². The molecule has 2 amide bonds.